The Morgan fingerprint density at radius 1 is 1.23 bits per heavy atom. The molecule has 3 N–H and O–H groups in total. The van der Waals surface area contributed by atoms with Crippen molar-refractivity contribution in [2.75, 3.05) is 25.0 Å². The van der Waals surface area contributed by atoms with Gasteiger partial charge in [-0.05, 0) is 37.5 Å². The van der Waals surface area contributed by atoms with Gasteiger partial charge in [0.1, 0.15) is 5.76 Å². The number of aliphatic imine (C=N–C) groups is 1. The van der Waals surface area contributed by atoms with E-state index >= 15 is 0 Å². The van der Waals surface area contributed by atoms with Crippen LogP contribution >= 0.6 is 0 Å². The van der Waals surface area contributed by atoms with Crippen LogP contribution in [0, 0.1) is 0 Å². The van der Waals surface area contributed by atoms with E-state index in [2.05, 4.69) is 46.7 Å². The lowest BCUT2D eigenvalue weighted by molar-refractivity contribution is 0.222. The summed E-state index contributed by atoms with van der Waals surface area (Å²) in [7, 11) is 0. The van der Waals surface area contributed by atoms with Crippen LogP contribution in [0.15, 0.2) is 39.9 Å². The van der Waals surface area contributed by atoms with Gasteiger partial charge in [0.25, 0.3) is 0 Å². The molecule has 1 aromatic carbocycles. The first-order chi connectivity index (χ1) is 14.8. The van der Waals surface area contributed by atoms with Crippen LogP contribution < -0.4 is 16.0 Å². The first-order valence-electron chi connectivity index (χ1n) is 11.0. The molecule has 31 heavy (non-hydrogen) atoms. The van der Waals surface area contributed by atoms with Crippen molar-refractivity contribution in [1.29, 1.82) is 0 Å². The number of carbonyl (C=O) groups is 1. The number of amides is 2. The Morgan fingerprint density at radius 3 is 2.68 bits per heavy atom. The number of likely N-dealkylation sites (tertiary alicyclic amines) is 1. The molecule has 2 amide bonds. The lowest BCUT2D eigenvalue weighted by Gasteiger charge is -2.16. The van der Waals surface area contributed by atoms with E-state index in [4.69, 9.17) is 4.42 Å². The zero-order valence-corrected chi connectivity index (χ0v) is 19.0. The van der Waals surface area contributed by atoms with Gasteiger partial charge in [0.05, 0.1) is 19.3 Å². The number of nitrogens with one attached hydrogen (secondary N) is 3. The maximum absolute atomic E-state index is 12.3. The summed E-state index contributed by atoms with van der Waals surface area (Å²) >= 11 is 0. The van der Waals surface area contributed by atoms with Gasteiger partial charge in [-0.25, -0.2) is 14.8 Å². The molecule has 168 valence electrons. The van der Waals surface area contributed by atoms with Gasteiger partial charge in [-0.3, -0.25) is 0 Å². The number of anilines is 1. The number of guanidine groups is 1. The molecule has 8 nitrogen and oxygen atoms in total. The summed E-state index contributed by atoms with van der Waals surface area (Å²) in [6.45, 7) is 11.7. The fourth-order valence-corrected chi connectivity index (χ4v) is 3.28. The average molecular weight is 427 g/mol. The summed E-state index contributed by atoms with van der Waals surface area (Å²) < 4.78 is 5.83. The molecule has 1 aliphatic rings. The van der Waals surface area contributed by atoms with E-state index < -0.39 is 0 Å². The minimum atomic E-state index is -0.0704. The van der Waals surface area contributed by atoms with Crippen molar-refractivity contribution >= 4 is 17.7 Å². The molecule has 2 aromatic rings. The zero-order chi connectivity index (χ0) is 22.3. The van der Waals surface area contributed by atoms with Crippen molar-refractivity contribution in [1.82, 2.24) is 20.5 Å². The molecule has 3 rings (SSSR count). The lowest BCUT2D eigenvalue weighted by atomic mass is 9.94. The van der Waals surface area contributed by atoms with E-state index in [-0.39, 0.29) is 11.4 Å². The van der Waals surface area contributed by atoms with Crippen molar-refractivity contribution in [3.05, 3.63) is 47.7 Å². The second-order valence-corrected chi connectivity index (χ2v) is 8.74. The molecule has 1 saturated heterocycles. The lowest BCUT2D eigenvalue weighted by Crippen LogP contribution is -2.36. The Hall–Kier alpha value is -3.03. The Morgan fingerprint density at radius 2 is 2.00 bits per heavy atom. The first kappa shape index (κ1) is 22.7. The summed E-state index contributed by atoms with van der Waals surface area (Å²) in [5, 5.41) is 9.48. The van der Waals surface area contributed by atoms with Crippen LogP contribution in [-0.2, 0) is 18.5 Å². The van der Waals surface area contributed by atoms with Gasteiger partial charge >= 0.3 is 6.03 Å². The minimum absolute atomic E-state index is 0.0336. The van der Waals surface area contributed by atoms with E-state index in [0.29, 0.717) is 24.9 Å². The molecule has 0 atom stereocenters. The van der Waals surface area contributed by atoms with Crippen molar-refractivity contribution in [3.63, 3.8) is 0 Å². The van der Waals surface area contributed by atoms with E-state index in [1.807, 2.05) is 36.1 Å². The van der Waals surface area contributed by atoms with Gasteiger partial charge in [-0.1, -0.05) is 32.9 Å². The van der Waals surface area contributed by atoms with Crippen LogP contribution in [0.25, 0.3) is 0 Å². The van der Waals surface area contributed by atoms with Crippen LogP contribution in [-0.4, -0.2) is 41.5 Å². The summed E-state index contributed by atoms with van der Waals surface area (Å²) in [4.78, 5) is 23.2. The maximum Gasteiger partial charge on any atom is 0.321 e. The summed E-state index contributed by atoms with van der Waals surface area (Å²) in [6, 6.07) is 7.77. The number of carbonyl (C=O) groups excluding carboxylic acids is 1. The summed E-state index contributed by atoms with van der Waals surface area (Å²) in [5.74, 6) is 2.17. The van der Waals surface area contributed by atoms with Crippen LogP contribution in [0.4, 0.5) is 10.5 Å². The standard InChI is InChI=1S/C23H34N6O2/c1-5-24-21(27-16-20-25-15-19(31-20)23(2,3)4)26-14-17-9-8-10-18(13-17)28-22(30)29-11-6-7-12-29/h8-10,13,15H,5-7,11-12,14,16H2,1-4H3,(H,28,30)(H2,24,26,27). The van der Waals surface area contributed by atoms with Gasteiger partial charge in [-0.2, -0.15) is 0 Å². The molecule has 8 heteroatoms. The molecule has 0 aliphatic carbocycles. The number of aromatic nitrogens is 1. The average Bonchev–Trinajstić information content (AvgIpc) is 3.42. The molecule has 1 aromatic heterocycles. The van der Waals surface area contributed by atoms with E-state index in [9.17, 15) is 4.79 Å². The number of urea groups is 1. The first-order valence-corrected chi connectivity index (χ1v) is 11.0. The molecule has 0 radical (unpaired) electrons. The number of rotatable bonds is 6. The van der Waals surface area contributed by atoms with Gasteiger partial charge in [0.15, 0.2) is 5.96 Å². The van der Waals surface area contributed by atoms with Gasteiger partial charge in [0, 0.05) is 30.7 Å². The van der Waals surface area contributed by atoms with Crippen molar-refractivity contribution in [2.45, 2.75) is 59.0 Å². The molecule has 2 heterocycles. The third kappa shape index (κ3) is 6.73. The second-order valence-electron chi connectivity index (χ2n) is 8.74. The highest BCUT2D eigenvalue weighted by Gasteiger charge is 2.19. The normalized spacial score (nSPS) is 14.6. The molecule has 0 spiro atoms. The molecule has 0 unspecified atom stereocenters. The number of hydrogen-bond donors (Lipinski definition) is 3. The highest BCUT2D eigenvalue weighted by molar-refractivity contribution is 5.89. The molecular formula is C23H34N6O2. The highest BCUT2D eigenvalue weighted by Crippen LogP contribution is 2.22. The Labute approximate surface area is 184 Å². The van der Waals surface area contributed by atoms with Crippen molar-refractivity contribution < 1.29 is 9.21 Å². The fourth-order valence-electron chi connectivity index (χ4n) is 3.28. The number of oxazole rings is 1. The second kappa shape index (κ2) is 10.3. The largest absolute Gasteiger partial charge is 0.443 e. The summed E-state index contributed by atoms with van der Waals surface area (Å²) in [5.41, 5.74) is 1.73. The highest BCUT2D eigenvalue weighted by atomic mass is 16.4. The minimum Gasteiger partial charge on any atom is -0.443 e. The smallest absolute Gasteiger partial charge is 0.321 e. The number of nitrogens with zero attached hydrogens (tertiary/aromatic N) is 3. The monoisotopic (exact) mass is 426 g/mol. The quantitative estimate of drug-likeness (QED) is 0.482. The third-order valence-electron chi connectivity index (χ3n) is 5.04. The predicted octanol–water partition coefficient (Wildman–Crippen LogP) is 3.86. The zero-order valence-electron chi connectivity index (χ0n) is 19.0. The van der Waals surface area contributed by atoms with Crippen LogP contribution in [0.3, 0.4) is 0 Å². The maximum atomic E-state index is 12.3. The van der Waals surface area contributed by atoms with E-state index in [0.717, 1.165) is 49.5 Å². The summed E-state index contributed by atoms with van der Waals surface area (Å²) in [6.07, 6.45) is 3.93. The Kier molecular flexibility index (Phi) is 7.55. The Bertz CT molecular complexity index is 893. The van der Waals surface area contributed by atoms with Crippen LogP contribution in [0.5, 0.6) is 0 Å². The van der Waals surface area contributed by atoms with Crippen molar-refractivity contribution in [3.8, 4) is 0 Å². The van der Waals surface area contributed by atoms with Gasteiger partial charge in [-0.15, -0.1) is 0 Å². The van der Waals surface area contributed by atoms with E-state index in [1.165, 1.54) is 0 Å². The molecule has 0 bridgehead atoms. The third-order valence-corrected chi connectivity index (χ3v) is 5.04. The number of hydrogen-bond acceptors (Lipinski definition) is 4. The Balaban J connectivity index is 1.58. The molecular weight excluding hydrogens is 392 g/mol. The van der Waals surface area contributed by atoms with Crippen molar-refractivity contribution in [2.24, 2.45) is 4.99 Å². The molecule has 1 fully saturated rings. The topological polar surface area (TPSA) is 94.8 Å². The van der Waals surface area contributed by atoms with Gasteiger partial charge in [0.2, 0.25) is 5.89 Å². The SMILES string of the molecule is CCNC(=NCc1cccc(NC(=O)N2CCCC2)c1)NCc1ncc(C(C)(C)C)o1. The fraction of sp³-hybridized carbons (Fsp3) is 0.522. The van der Waals surface area contributed by atoms with Gasteiger partial charge < -0.3 is 25.3 Å². The van der Waals surface area contributed by atoms with Crippen LogP contribution in [0.1, 0.15) is 57.8 Å². The van der Waals surface area contributed by atoms with E-state index in [1.54, 1.807) is 6.20 Å². The van der Waals surface area contributed by atoms with Crippen LogP contribution in [0.2, 0.25) is 0 Å². The number of benzene rings is 1. The molecule has 0 saturated carbocycles. The predicted molar refractivity (Wildman–Crippen MR) is 123 cm³/mol. The molecule has 1 aliphatic heterocycles.